The van der Waals surface area contributed by atoms with Gasteiger partial charge in [0.1, 0.15) is 30.4 Å². The molecule has 0 spiro atoms. The van der Waals surface area contributed by atoms with E-state index < -0.39 is 23.8 Å². The van der Waals surface area contributed by atoms with Crippen LogP contribution in [0.1, 0.15) is 133 Å². The van der Waals surface area contributed by atoms with Gasteiger partial charge in [-0.3, -0.25) is 4.90 Å². The number of carbonyl (C=O) groups is 1. The molecule has 2 heterocycles. The Bertz CT molecular complexity index is 2440. The highest BCUT2D eigenvalue weighted by Gasteiger charge is 2.65. The average molecular weight is 999 g/mol. The number of aliphatic hydroxyl groups is 2. The fourth-order valence-corrected chi connectivity index (χ4v) is 11.7. The quantitative estimate of drug-likeness (QED) is 0.0307. The van der Waals surface area contributed by atoms with Crippen molar-refractivity contribution in [1.82, 2.24) is 4.90 Å². The van der Waals surface area contributed by atoms with E-state index in [0.29, 0.717) is 47.3 Å². The number of hydrogen-bond acceptors (Lipinski definition) is 11. The monoisotopic (exact) mass is 999 g/mol. The molecule has 12 heteroatoms. The summed E-state index contributed by atoms with van der Waals surface area (Å²) in [7, 11) is 1.56. The van der Waals surface area contributed by atoms with Gasteiger partial charge in [0, 0.05) is 37.7 Å². The summed E-state index contributed by atoms with van der Waals surface area (Å²) in [6.45, 7) is 7.25. The third kappa shape index (κ3) is 13.1. The zero-order chi connectivity index (χ0) is 50.8. The largest absolute Gasteiger partial charge is 0.459 e. The maximum absolute atomic E-state index is 15.1. The third-order valence-electron chi connectivity index (χ3n) is 15.2. The zero-order valence-corrected chi connectivity index (χ0v) is 43.2. The van der Waals surface area contributed by atoms with E-state index in [1.807, 2.05) is 60.7 Å². The molecule has 4 aromatic carbocycles. The minimum atomic E-state index is -1.46. The maximum Gasteiger partial charge on any atom is 0.410 e. The third-order valence-corrected chi connectivity index (χ3v) is 15.2. The SMILES string of the molecule is C=CCO[C@@]12Oc3ccc(Oc4ccc(-c5ccccc5)cc4)cc3[C@H]3[C@H](CCCCO)[C@@H](CCCCO)C=C(C(=NOC)C[C@@H]1N(Cc1ccc4c(c1)OCO4)C(=O)OCCCCCCCCCCCC)[C@H]32. The normalized spacial score (nSPS) is 21.9. The molecular formula is C61H78N2O10. The Hall–Kier alpha value is -5.82. The highest BCUT2D eigenvalue weighted by Crippen LogP contribution is 2.62. The molecule has 2 aliphatic carbocycles. The van der Waals surface area contributed by atoms with Crippen molar-refractivity contribution in [3.8, 4) is 39.9 Å². The van der Waals surface area contributed by atoms with Crippen LogP contribution >= 0.6 is 0 Å². The first-order chi connectivity index (χ1) is 35.9. The minimum absolute atomic E-state index is 0.0434. The molecular weight excluding hydrogens is 921 g/mol. The summed E-state index contributed by atoms with van der Waals surface area (Å²) < 4.78 is 39.2. The molecule has 0 bridgehead atoms. The number of benzene rings is 4. The lowest BCUT2D eigenvalue weighted by atomic mass is 9.55. The van der Waals surface area contributed by atoms with Crippen LogP contribution in [0.15, 0.2) is 120 Å². The predicted octanol–water partition coefficient (Wildman–Crippen LogP) is 13.7. The van der Waals surface area contributed by atoms with Crippen LogP contribution in [-0.4, -0.2) is 79.1 Å². The van der Waals surface area contributed by atoms with Crippen LogP contribution in [0.25, 0.3) is 11.1 Å². The van der Waals surface area contributed by atoms with Crippen molar-refractivity contribution in [2.45, 2.75) is 140 Å². The summed E-state index contributed by atoms with van der Waals surface area (Å²) >= 11 is 0. The summed E-state index contributed by atoms with van der Waals surface area (Å²) in [4.78, 5) is 22.6. The Morgan fingerprint density at radius 2 is 1.47 bits per heavy atom. The fourth-order valence-electron chi connectivity index (χ4n) is 11.7. The first-order valence-electron chi connectivity index (χ1n) is 27.2. The van der Waals surface area contributed by atoms with Gasteiger partial charge in [-0.15, -0.1) is 6.58 Å². The molecule has 0 aromatic heterocycles. The standard InChI is InChI=1S/C61H78N2O10/c1-4-6-7-8-9-10-11-12-13-21-37-68-60(66)63(42-44-26-32-55-56(38-44)70-43-69-55)57-41-53(62-67-3)51-39-47(24-17-19-34-64)50(25-18-20-35-65)58-52-40-49(31-33-54(52)73-61(57,59(51)58)71-36-5-2)72-48-29-27-46(28-30-48)45-22-15-14-16-23-45/h5,14-16,22-23,26-33,38-40,47,50,57-59,64-65H,2,4,6-13,17-21,24-25,34-37,41-43H2,1,3H3/t47-,50+,57-,58+,59+,61+/m0/s1. The topological polar surface area (TPSA) is 138 Å². The van der Waals surface area contributed by atoms with Crippen LogP contribution in [0, 0.1) is 17.8 Å². The highest BCUT2D eigenvalue weighted by atomic mass is 16.7. The Balaban J connectivity index is 1.19. The van der Waals surface area contributed by atoms with E-state index in [4.69, 9.17) is 38.4 Å². The second-order valence-corrected chi connectivity index (χ2v) is 20.1. The first-order valence-corrected chi connectivity index (χ1v) is 27.2. The van der Waals surface area contributed by atoms with Gasteiger partial charge in [0.2, 0.25) is 12.6 Å². The molecule has 73 heavy (non-hydrogen) atoms. The van der Waals surface area contributed by atoms with Gasteiger partial charge in [0.25, 0.3) is 0 Å². The highest BCUT2D eigenvalue weighted by molar-refractivity contribution is 6.03. The van der Waals surface area contributed by atoms with Gasteiger partial charge in [0.05, 0.1) is 24.8 Å². The maximum atomic E-state index is 15.1. The van der Waals surface area contributed by atoms with Crippen LogP contribution in [0.3, 0.4) is 0 Å². The lowest BCUT2D eigenvalue weighted by molar-refractivity contribution is -0.256. The molecule has 8 rings (SSSR count). The number of ether oxygens (including phenoxy) is 6. The summed E-state index contributed by atoms with van der Waals surface area (Å²) in [5, 5.41) is 24.9. The molecule has 0 unspecified atom stereocenters. The molecule has 4 aliphatic rings. The van der Waals surface area contributed by atoms with Crippen LogP contribution in [0.5, 0.6) is 28.7 Å². The van der Waals surface area contributed by atoms with E-state index in [1.165, 1.54) is 44.9 Å². The van der Waals surface area contributed by atoms with E-state index in [9.17, 15) is 10.2 Å². The van der Waals surface area contributed by atoms with E-state index in [1.54, 1.807) is 18.1 Å². The Labute approximate surface area is 433 Å². The molecule has 392 valence electrons. The van der Waals surface area contributed by atoms with Crippen molar-refractivity contribution in [2.75, 3.05) is 40.3 Å². The second-order valence-electron chi connectivity index (χ2n) is 20.1. The minimum Gasteiger partial charge on any atom is -0.459 e. The Kier molecular flexibility index (Phi) is 19.7. The van der Waals surface area contributed by atoms with Gasteiger partial charge < -0.3 is 43.5 Å². The predicted molar refractivity (Wildman–Crippen MR) is 285 cm³/mol. The number of amides is 1. The van der Waals surface area contributed by atoms with Crippen LogP contribution in [0.4, 0.5) is 4.79 Å². The number of nitrogens with zero attached hydrogens (tertiary/aromatic N) is 2. The molecule has 2 aliphatic heterocycles. The Morgan fingerprint density at radius 1 is 0.781 bits per heavy atom. The number of rotatable bonds is 29. The molecule has 6 atom stereocenters. The number of fused-ring (bicyclic) bond motifs is 3. The van der Waals surface area contributed by atoms with Crippen molar-refractivity contribution in [1.29, 1.82) is 0 Å². The molecule has 1 amide bonds. The second kappa shape index (κ2) is 26.9. The summed E-state index contributed by atoms with van der Waals surface area (Å²) in [5.74, 6) is 1.21. The first kappa shape index (κ1) is 53.5. The van der Waals surface area contributed by atoms with Crippen molar-refractivity contribution in [3.05, 3.63) is 126 Å². The molecule has 0 radical (unpaired) electrons. The van der Waals surface area contributed by atoms with E-state index in [0.717, 1.165) is 72.8 Å². The summed E-state index contributed by atoms with van der Waals surface area (Å²) in [5.41, 5.74) is 5.68. The fraction of sp³-hybridized carbons (Fsp3) is 0.508. The summed E-state index contributed by atoms with van der Waals surface area (Å²) in [6.07, 6.45) is 20.1. The van der Waals surface area contributed by atoms with Gasteiger partial charge >= 0.3 is 6.09 Å². The van der Waals surface area contributed by atoms with Gasteiger partial charge in [-0.2, -0.15) is 0 Å². The molecule has 1 fully saturated rings. The number of allylic oxidation sites excluding steroid dienone is 1. The molecule has 0 saturated heterocycles. The zero-order valence-electron chi connectivity index (χ0n) is 43.2. The number of oxime groups is 1. The number of aliphatic hydroxyl groups excluding tert-OH is 2. The average Bonchev–Trinajstić information content (AvgIpc) is 3.89. The van der Waals surface area contributed by atoms with Gasteiger partial charge in [-0.1, -0.05) is 143 Å². The van der Waals surface area contributed by atoms with E-state index in [-0.39, 0.29) is 63.9 Å². The molecule has 2 N–H and O–H groups in total. The van der Waals surface area contributed by atoms with Crippen LogP contribution in [-0.2, 0) is 20.9 Å². The van der Waals surface area contributed by atoms with Gasteiger partial charge in [-0.25, -0.2) is 4.79 Å². The lowest BCUT2D eigenvalue weighted by Crippen LogP contribution is -2.70. The van der Waals surface area contributed by atoms with Crippen LogP contribution in [0.2, 0.25) is 0 Å². The van der Waals surface area contributed by atoms with Crippen molar-refractivity contribution < 1.29 is 48.3 Å². The number of hydrogen-bond donors (Lipinski definition) is 2. The smallest absolute Gasteiger partial charge is 0.410 e. The van der Waals surface area contributed by atoms with Gasteiger partial charge in [0.15, 0.2) is 11.5 Å². The number of unbranched alkanes of at least 4 members (excludes halogenated alkanes) is 11. The van der Waals surface area contributed by atoms with Crippen molar-refractivity contribution >= 4 is 11.8 Å². The molecule has 12 nitrogen and oxygen atoms in total. The van der Waals surface area contributed by atoms with Crippen molar-refractivity contribution in [3.63, 3.8) is 0 Å². The van der Waals surface area contributed by atoms with Gasteiger partial charge in [-0.05, 0) is 109 Å². The number of carbonyl (C=O) groups excluding carboxylic acids is 1. The summed E-state index contributed by atoms with van der Waals surface area (Å²) in [6, 6.07) is 29.4. The lowest BCUT2D eigenvalue weighted by Gasteiger charge is -2.59. The van der Waals surface area contributed by atoms with Crippen molar-refractivity contribution in [2.24, 2.45) is 22.9 Å². The Morgan fingerprint density at radius 3 is 2.19 bits per heavy atom. The van der Waals surface area contributed by atoms with E-state index in [2.05, 4.69) is 49.9 Å². The van der Waals surface area contributed by atoms with E-state index >= 15 is 4.79 Å². The molecule has 4 aromatic rings. The van der Waals surface area contributed by atoms with Crippen LogP contribution < -0.4 is 18.9 Å². The molecule has 1 saturated carbocycles.